The summed E-state index contributed by atoms with van der Waals surface area (Å²) in [5.41, 5.74) is 3.09. The molecule has 0 aliphatic carbocycles. The van der Waals surface area contributed by atoms with Gasteiger partial charge in [-0.2, -0.15) is 0 Å². The summed E-state index contributed by atoms with van der Waals surface area (Å²) in [7, 11) is 0. The first-order chi connectivity index (χ1) is 12.6. The fourth-order valence-corrected chi connectivity index (χ4v) is 2.73. The van der Waals surface area contributed by atoms with E-state index in [0.717, 1.165) is 11.1 Å². The molecule has 0 radical (unpaired) electrons. The minimum absolute atomic E-state index is 0.0457. The van der Waals surface area contributed by atoms with Crippen LogP contribution in [0.15, 0.2) is 78.9 Å². The van der Waals surface area contributed by atoms with Crippen molar-refractivity contribution in [2.45, 2.75) is 19.8 Å². The zero-order valence-electron chi connectivity index (χ0n) is 14.6. The molecule has 0 aliphatic heterocycles. The van der Waals surface area contributed by atoms with Crippen molar-refractivity contribution >= 4 is 11.8 Å². The molecule has 0 amide bonds. The van der Waals surface area contributed by atoms with Gasteiger partial charge in [-0.1, -0.05) is 60.7 Å². The normalized spacial score (nSPS) is 10.3. The molecule has 3 aromatic carbocycles. The Morgan fingerprint density at radius 2 is 1.46 bits per heavy atom. The van der Waals surface area contributed by atoms with E-state index in [4.69, 9.17) is 4.74 Å². The van der Waals surface area contributed by atoms with Crippen LogP contribution in [-0.4, -0.2) is 11.8 Å². The molecular weight excluding hydrogens is 324 g/mol. The van der Waals surface area contributed by atoms with E-state index in [9.17, 15) is 9.59 Å². The lowest BCUT2D eigenvalue weighted by atomic mass is 10.0. The molecule has 0 aromatic heterocycles. The summed E-state index contributed by atoms with van der Waals surface area (Å²) in [5, 5.41) is 0. The third-order valence-electron chi connectivity index (χ3n) is 4.16. The van der Waals surface area contributed by atoms with Gasteiger partial charge in [0.2, 0.25) is 0 Å². The van der Waals surface area contributed by atoms with Crippen LogP contribution in [0.3, 0.4) is 0 Å². The molecule has 26 heavy (non-hydrogen) atoms. The highest BCUT2D eigenvalue weighted by Gasteiger charge is 2.12. The van der Waals surface area contributed by atoms with E-state index in [-0.39, 0.29) is 11.8 Å². The van der Waals surface area contributed by atoms with Crippen molar-refractivity contribution in [2.75, 3.05) is 0 Å². The quantitative estimate of drug-likeness (QED) is 0.368. The molecular formula is C23H20O3. The third kappa shape index (κ3) is 4.45. The molecule has 0 saturated carbocycles. The van der Waals surface area contributed by atoms with Gasteiger partial charge in [-0.25, -0.2) is 0 Å². The smallest absolute Gasteiger partial charge is 0.311 e. The average Bonchev–Trinajstić information content (AvgIpc) is 2.69. The summed E-state index contributed by atoms with van der Waals surface area (Å²) >= 11 is 0. The minimum atomic E-state index is -0.279. The van der Waals surface area contributed by atoms with Crippen LogP contribution in [0.4, 0.5) is 0 Å². The van der Waals surface area contributed by atoms with Crippen LogP contribution in [0, 0.1) is 6.92 Å². The van der Waals surface area contributed by atoms with Gasteiger partial charge >= 0.3 is 5.97 Å². The summed E-state index contributed by atoms with van der Waals surface area (Å²) < 4.78 is 5.46. The highest BCUT2D eigenvalue weighted by Crippen LogP contribution is 2.21. The molecule has 3 heteroatoms. The molecule has 130 valence electrons. The van der Waals surface area contributed by atoms with Gasteiger partial charge in [0.15, 0.2) is 5.78 Å². The van der Waals surface area contributed by atoms with Gasteiger partial charge < -0.3 is 4.74 Å². The van der Waals surface area contributed by atoms with E-state index in [1.165, 1.54) is 0 Å². The monoisotopic (exact) mass is 344 g/mol. The van der Waals surface area contributed by atoms with Gasteiger partial charge in [0.05, 0.1) is 0 Å². The lowest BCUT2D eigenvalue weighted by molar-refractivity contribution is -0.134. The summed E-state index contributed by atoms with van der Waals surface area (Å²) in [6.45, 7) is 1.83. The number of benzene rings is 3. The molecule has 0 bridgehead atoms. The van der Waals surface area contributed by atoms with Gasteiger partial charge in [-0.3, -0.25) is 9.59 Å². The topological polar surface area (TPSA) is 43.4 Å². The lowest BCUT2D eigenvalue weighted by Crippen LogP contribution is -2.10. The highest BCUT2D eigenvalue weighted by molar-refractivity contribution is 6.09. The molecule has 0 fully saturated rings. The lowest BCUT2D eigenvalue weighted by Gasteiger charge is -2.09. The third-order valence-corrected chi connectivity index (χ3v) is 4.16. The van der Waals surface area contributed by atoms with E-state index in [2.05, 4.69) is 0 Å². The first-order valence-corrected chi connectivity index (χ1v) is 8.58. The summed E-state index contributed by atoms with van der Waals surface area (Å²) in [6.07, 6.45) is 0.956. The van der Waals surface area contributed by atoms with Crippen molar-refractivity contribution < 1.29 is 14.3 Å². The van der Waals surface area contributed by atoms with Crippen LogP contribution in [0.25, 0.3) is 0 Å². The Labute approximate surface area is 153 Å². The minimum Gasteiger partial charge on any atom is -0.426 e. The number of hydrogen-bond acceptors (Lipinski definition) is 3. The Hall–Kier alpha value is -3.20. The summed E-state index contributed by atoms with van der Waals surface area (Å²) in [6, 6.07) is 24.1. The maximum Gasteiger partial charge on any atom is 0.311 e. The highest BCUT2D eigenvalue weighted by atomic mass is 16.5. The van der Waals surface area contributed by atoms with E-state index in [1.54, 1.807) is 30.3 Å². The maximum absolute atomic E-state index is 12.5. The van der Waals surface area contributed by atoms with Crippen LogP contribution in [0.1, 0.15) is 33.5 Å². The van der Waals surface area contributed by atoms with Crippen LogP contribution in [0.5, 0.6) is 5.75 Å². The van der Waals surface area contributed by atoms with Gasteiger partial charge in [0.1, 0.15) is 5.75 Å². The molecule has 0 N–H and O–H groups in total. The second-order valence-electron chi connectivity index (χ2n) is 6.14. The van der Waals surface area contributed by atoms with Gasteiger partial charge in [-0.15, -0.1) is 0 Å². The van der Waals surface area contributed by atoms with Gasteiger partial charge in [0, 0.05) is 17.5 Å². The van der Waals surface area contributed by atoms with Crippen LogP contribution in [-0.2, 0) is 11.2 Å². The molecule has 0 spiro atoms. The molecule has 0 aliphatic rings. The van der Waals surface area contributed by atoms with E-state index in [0.29, 0.717) is 29.7 Å². The second-order valence-corrected chi connectivity index (χ2v) is 6.14. The fraction of sp³-hybridized carbons (Fsp3) is 0.130. The van der Waals surface area contributed by atoms with Gasteiger partial charge in [0.25, 0.3) is 0 Å². The number of ether oxygens (including phenoxy) is 1. The van der Waals surface area contributed by atoms with Crippen molar-refractivity contribution in [3.8, 4) is 5.75 Å². The Bertz CT molecular complexity index is 899. The number of rotatable bonds is 6. The van der Waals surface area contributed by atoms with E-state index in [1.807, 2.05) is 55.5 Å². The summed E-state index contributed by atoms with van der Waals surface area (Å²) in [5.74, 6) is 0.169. The second kappa shape index (κ2) is 8.26. The van der Waals surface area contributed by atoms with E-state index < -0.39 is 0 Å². The van der Waals surface area contributed by atoms with E-state index >= 15 is 0 Å². The number of hydrogen-bond donors (Lipinski definition) is 0. The fourth-order valence-electron chi connectivity index (χ4n) is 2.73. The number of esters is 1. The molecule has 0 saturated heterocycles. The predicted molar refractivity (Wildman–Crippen MR) is 101 cm³/mol. The molecule has 3 aromatic rings. The molecule has 0 heterocycles. The average molecular weight is 344 g/mol. The van der Waals surface area contributed by atoms with Crippen molar-refractivity contribution in [3.63, 3.8) is 0 Å². The van der Waals surface area contributed by atoms with Crippen molar-refractivity contribution in [3.05, 3.63) is 101 Å². The Morgan fingerprint density at radius 3 is 2.12 bits per heavy atom. The largest absolute Gasteiger partial charge is 0.426 e. The first kappa shape index (κ1) is 17.6. The Kier molecular flexibility index (Phi) is 5.59. The molecule has 0 atom stereocenters. The number of carbonyl (C=O) groups is 2. The predicted octanol–water partition coefficient (Wildman–Crippen LogP) is 4.76. The van der Waals surface area contributed by atoms with Crippen molar-refractivity contribution in [1.29, 1.82) is 0 Å². The maximum atomic E-state index is 12.5. The van der Waals surface area contributed by atoms with Crippen molar-refractivity contribution in [2.24, 2.45) is 0 Å². The zero-order valence-corrected chi connectivity index (χ0v) is 14.6. The molecule has 3 nitrogen and oxygen atoms in total. The van der Waals surface area contributed by atoms with Crippen LogP contribution in [0.2, 0.25) is 0 Å². The molecule has 3 rings (SSSR count). The van der Waals surface area contributed by atoms with Gasteiger partial charge in [-0.05, 0) is 42.7 Å². The SMILES string of the molecule is Cc1cc(C(=O)c2ccccc2)ccc1OC(=O)CCc1ccccc1. The first-order valence-electron chi connectivity index (χ1n) is 8.58. The summed E-state index contributed by atoms with van der Waals surface area (Å²) in [4.78, 5) is 24.6. The Morgan fingerprint density at radius 1 is 0.808 bits per heavy atom. The number of carbonyl (C=O) groups excluding carboxylic acids is 2. The number of ketones is 1. The van der Waals surface area contributed by atoms with Crippen LogP contribution < -0.4 is 4.74 Å². The Balaban J connectivity index is 1.64. The standard InChI is InChI=1S/C23H20O3/c1-17-16-20(23(25)19-10-6-3-7-11-19)13-14-21(17)26-22(24)15-12-18-8-4-2-5-9-18/h2-11,13-14,16H,12,15H2,1H3. The van der Waals surface area contributed by atoms with Crippen LogP contribution >= 0.6 is 0 Å². The zero-order chi connectivity index (χ0) is 18.4. The van der Waals surface area contributed by atoms with Crippen molar-refractivity contribution in [1.82, 2.24) is 0 Å². The number of aryl methyl sites for hydroxylation is 2. The molecule has 0 unspecified atom stereocenters.